The van der Waals surface area contributed by atoms with Crippen LogP contribution in [0.25, 0.3) is 0 Å². The monoisotopic (exact) mass is 1660 g/mol. The molecule has 21 rings (SSSR count). The van der Waals surface area contributed by atoms with E-state index in [1.54, 1.807) is 0 Å². The summed E-state index contributed by atoms with van der Waals surface area (Å²) < 4.78 is 94.6. The number of carbonyl (C=O) groups excluding carboxylic acids is 4. The zero-order chi connectivity index (χ0) is 79.7. The normalized spacial score (nSPS) is 43.0. The molecule has 46 heteroatoms. The SMILES string of the molecule is CN[C@H](CSCC1O[C@H]2O[C@H]3C(CO)O[C@H](O[C@@H]4C(CO)O[C@H](O[C@@H]5C(CO)O[C@H](O[C@@H]6C(CSC[C@@H](CC(=O)CCOCCOCCC(C)=O)C(=O)NCCS)O[C@H](O[C@@H]7C(CO)O[C@H](O[C@@H]8C(CO)O[C@H](O[C@H]1[C@H](O)C2O)C(O)[C@H]8O)C(O)[C@H]7O)C(O)[C@H]6O)C(O)[C@H]5O)C(O)[C@H]4O)C(O)[C@H]3O)C(=O)NCCS. The quantitative estimate of drug-likeness (QED) is 0.0226. The van der Waals surface area contributed by atoms with Gasteiger partial charge in [0.1, 0.15) is 170 Å². The third kappa shape index (κ3) is 23.6. The molecule has 21 heterocycles. The highest BCUT2D eigenvalue weighted by atomic mass is 32.2. The van der Waals surface area contributed by atoms with Crippen molar-refractivity contribution in [3.63, 3.8) is 0 Å². The topological polar surface area (TPSA) is 636 Å². The van der Waals surface area contributed by atoms with Gasteiger partial charge in [0.05, 0.1) is 83.6 Å². The Morgan fingerprint density at radius 3 is 0.908 bits per heavy atom. The number of rotatable bonds is 31. The summed E-state index contributed by atoms with van der Waals surface area (Å²) >= 11 is 10.2. The average Bonchev–Trinajstić information content (AvgIpc) is 0.804. The minimum absolute atomic E-state index is 0.0103. The Hall–Kier alpha value is -1.76. The van der Waals surface area contributed by atoms with Crippen molar-refractivity contribution in [3.05, 3.63) is 0 Å². The third-order valence-electron chi connectivity index (χ3n) is 19.4. The highest BCUT2D eigenvalue weighted by Crippen LogP contribution is 2.40. The van der Waals surface area contributed by atoms with Crippen molar-refractivity contribution in [2.24, 2.45) is 5.92 Å². The summed E-state index contributed by atoms with van der Waals surface area (Å²) in [5.74, 6) is -2.89. The molecule has 0 radical (unpaired) electrons. The summed E-state index contributed by atoms with van der Waals surface area (Å²) in [6.07, 6.45) is -72.0. The zero-order valence-electron chi connectivity index (χ0n) is 59.4. The fourth-order valence-electron chi connectivity index (χ4n) is 13.3. The molecule has 42 nitrogen and oxygen atoms in total. The summed E-state index contributed by atoms with van der Waals surface area (Å²) in [6, 6.07) is -0.860. The van der Waals surface area contributed by atoms with Crippen molar-refractivity contribution in [3.8, 4) is 0 Å². The molecule has 0 spiro atoms. The number of amides is 2. The van der Waals surface area contributed by atoms with Gasteiger partial charge in [0.25, 0.3) is 0 Å². The Morgan fingerprint density at radius 2 is 0.633 bits per heavy atom. The van der Waals surface area contributed by atoms with Gasteiger partial charge in [-0.25, -0.2) is 0 Å². The summed E-state index contributed by atoms with van der Waals surface area (Å²) in [4.78, 5) is 51.3. The molecule has 0 saturated carbocycles. The van der Waals surface area contributed by atoms with Crippen LogP contribution in [0.5, 0.6) is 0 Å². The van der Waals surface area contributed by atoms with E-state index in [0.29, 0.717) is 5.75 Å². The van der Waals surface area contributed by atoms with Crippen LogP contribution in [0.2, 0.25) is 0 Å². The van der Waals surface area contributed by atoms with Crippen LogP contribution in [0.15, 0.2) is 0 Å². The predicted octanol–water partition coefficient (Wildman–Crippen LogP) is -13.1. The number of hydrogen-bond donors (Lipinski definition) is 24. The lowest BCUT2D eigenvalue weighted by Crippen LogP contribution is -2.68. The van der Waals surface area contributed by atoms with Crippen LogP contribution in [-0.4, -0.2) is 456 Å². The minimum Gasteiger partial charge on any atom is -0.394 e. The second-order valence-corrected chi connectivity index (χ2v) is 30.1. The molecule has 0 aromatic rings. The molecule has 37 atom stereocenters. The number of likely N-dealkylation sites (N-methyl/N-ethyl adjacent to an activating group) is 1. The molecule has 2 amide bonds. The Kier molecular flexibility index (Phi) is 38.0. The predicted molar refractivity (Wildman–Crippen MR) is 370 cm³/mol. The number of thioether (sulfide) groups is 2. The van der Waals surface area contributed by atoms with Crippen LogP contribution in [0.4, 0.5) is 0 Å². The van der Waals surface area contributed by atoms with Gasteiger partial charge in [-0.3, -0.25) is 19.2 Å². The zero-order valence-corrected chi connectivity index (χ0v) is 62.8. The lowest BCUT2D eigenvalue weighted by Gasteiger charge is -2.50. The van der Waals surface area contributed by atoms with E-state index in [2.05, 4.69) is 41.2 Å². The van der Waals surface area contributed by atoms with Crippen LogP contribution < -0.4 is 16.0 Å². The van der Waals surface area contributed by atoms with E-state index in [0.717, 1.165) is 23.5 Å². The first kappa shape index (κ1) is 92.7. The van der Waals surface area contributed by atoms with Gasteiger partial charge in [-0.2, -0.15) is 48.8 Å². The second-order valence-electron chi connectivity index (χ2n) is 27.1. The molecular formula is C63H107N3O39S4. The minimum atomic E-state index is -2.29. The van der Waals surface area contributed by atoms with Crippen LogP contribution >= 0.6 is 48.8 Å². The molecule has 21 aliphatic heterocycles. The van der Waals surface area contributed by atoms with E-state index in [-0.39, 0.29) is 93.3 Å². The van der Waals surface area contributed by atoms with Crippen molar-refractivity contribution in [2.75, 3.05) is 114 Å². The first-order valence-corrected chi connectivity index (χ1v) is 39.2. The lowest BCUT2D eigenvalue weighted by atomic mass is 9.95. The number of Topliss-reactive ketones (excluding diaryl/α,β-unsaturated/α-hetero) is 2. The van der Waals surface area contributed by atoms with Gasteiger partial charge in [0.2, 0.25) is 11.8 Å². The number of ketones is 2. The molecule has 0 aliphatic carbocycles. The van der Waals surface area contributed by atoms with Crippen LogP contribution in [0.1, 0.15) is 26.2 Å². The first-order chi connectivity index (χ1) is 52.1. The molecule has 632 valence electrons. The van der Waals surface area contributed by atoms with Crippen LogP contribution in [-0.2, 0) is 95.0 Å². The largest absolute Gasteiger partial charge is 0.394 e. The highest BCUT2D eigenvalue weighted by Gasteiger charge is 2.60. The van der Waals surface area contributed by atoms with E-state index in [9.17, 15) is 116 Å². The van der Waals surface area contributed by atoms with E-state index in [1.165, 1.54) is 14.0 Å². The molecule has 21 saturated heterocycles. The summed E-state index contributed by atoms with van der Waals surface area (Å²) in [6.45, 7) is -3.37. The number of aliphatic hydroxyl groups excluding tert-OH is 19. The van der Waals surface area contributed by atoms with E-state index >= 15 is 0 Å². The Bertz CT molecular complexity index is 2740. The van der Waals surface area contributed by atoms with Gasteiger partial charge < -0.3 is 189 Å². The molecule has 0 aromatic carbocycles. The van der Waals surface area contributed by atoms with E-state index in [4.69, 9.17) is 75.8 Å². The fraction of sp³-hybridized carbons (Fsp3) is 0.937. The number of nitrogens with one attached hydrogen (secondary N) is 3. The van der Waals surface area contributed by atoms with Gasteiger partial charge in [-0.15, -0.1) is 0 Å². The van der Waals surface area contributed by atoms with Gasteiger partial charge in [0.15, 0.2) is 44.0 Å². The number of carbonyl (C=O) groups is 4. The summed E-state index contributed by atoms with van der Waals surface area (Å²) in [5, 5.41) is 227. The number of ether oxygens (including phenoxy) is 16. The molecule has 14 bridgehead atoms. The van der Waals surface area contributed by atoms with E-state index < -0.39 is 278 Å². The summed E-state index contributed by atoms with van der Waals surface area (Å²) in [7, 11) is 1.50. The maximum absolute atomic E-state index is 13.7. The van der Waals surface area contributed by atoms with Gasteiger partial charge in [-0.05, 0) is 14.0 Å². The second kappa shape index (κ2) is 44.7. The van der Waals surface area contributed by atoms with Crippen molar-refractivity contribution >= 4 is 72.2 Å². The molecule has 22 N–H and O–H groups in total. The standard InChI is InChI=1S/C63H107N3O39S4/c1-23(72)3-7-90-9-10-91-8-4-25(73)13-24(55(88)65-5-11-106)19-108-21-32-53-39(79)46(86)62(97-32)102-51-30(17-70)93-59(42(82)35(51)75)101-50-29(16-69)96-61(45(85)38(50)78)105-54-33(22-109-20-26(64-2)56(89)66-6-12-107)98-63(47(87)40(54)80)103-52-31(18-71)94-58(43(83)36(52)76)99-48-27(14-67)92-57(41(81)34(48)74)100-49-28(15-68)95-60(104-53)44(84)37(49)77/h24,26-54,57-64,67-71,74-87,106-107H,3-22H2,1-2H3,(H,65,88)(H,66,89)/t24-,26-,27?,28?,29?,30?,31?,32?,33?,34-,35-,36-,37-,38-,39-,40-,41?,42?,43?,44?,45?,46?,47?,48-,49-,50-,51-,52+,53-,54-,57-,58-,59-,60-,61-,62-,63+/m1/s1. The first-order valence-electron chi connectivity index (χ1n) is 35.6. The fourth-order valence-corrected chi connectivity index (χ4v) is 15.9. The van der Waals surface area contributed by atoms with Crippen LogP contribution in [0, 0.1) is 5.92 Å². The molecular weight excluding hydrogens is 1550 g/mol. The van der Waals surface area contributed by atoms with Crippen molar-refractivity contribution < 1.29 is 192 Å². The lowest BCUT2D eigenvalue weighted by molar-refractivity contribution is -0.395. The van der Waals surface area contributed by atoms with Crippen molar-refractivity contribution in [2.45, 2.75) is 247 Å². The van der Waals surface area contributed by atoms with E-state index in [1.807, 2.05) is 0 Å². The van der Waals surface area contributed by atoms with Crippen molar-refractivity contribution in [1.29, 1.82) is 0 Å². The Morgan fingerprint density at radius 1 is 0.367 bits per heavy atom. The average molecular weight is 1660 g/mol. The smallest absolute Gasteiger partial charge is 0.238 e. The summed E-state index contributed by atoms with van der Waals surface area (Å²) in [5.41, 5.74) is 0. The maximum atomic E-state index is 13.7. The highest BCUT2D eigenvalue weighted by molar-refractivity contribution is 7.99. The van der Waals surface area contributed by atoms with Gasteiger partial charge >= 0.3 is 0 Å². The molecule has 109 heavy (non-hydrogen) atoms. The molecule has 21 fully saturated rings. The molecule has 21 aliphatic rings. The Labute approximate surface area is 644 Å². The third-order valence-corrected chi connectivity index (χ3v) is 22.2. The number of aliphatic hydroxyl groups is 19. The maximum Gasteiger partial charge on any atom is 0.238 e. The van der Waals surface area contributed by atoms with Crippen molar-refractivity contribution in [1.82, 2.24) is 16.0 Å². The van der Waals surface area contributed by atoms with Gasteiger partial charge in [-0.1, -0.05) is 0 Å². The molecule has 0 aromatic heterocycles. The number of thiol groups is 2. The number of hydrogen-bond acceptors (Lipinski definition) is 44. The van der Waals surface area contributed by atoms with Crippen LogP contribution in [0.3, 0.4) is 0 Å². The van der Waals surface area contributed by atoms with Gasteiger partial charge in [0, 0.05) is 66.9 Å². The Balaban J connectivity index is 1.09. The molecule has 14 unspecified atom stereocenters.